The van der Waals surface area contributed by atoms with Crippen LogP contribution in [0.3, 0.4) is 0 Å². The summed E-state index contributed by atoms with van der Waals surface area (Å²) < 4.78 is 0.259. The summed E-state index contributed by atoms with van der Waals surface area (Å²) in [5, 5.41) is 18.2. The standard InChI is InChI=1S/C9H11NO2S.C6H5NO2S/c1-6(2)13-8-7(9(11)12)4-3-5-10-8;8-6(9)4-2-1-3-7-5(4)10/h3-6H,1-2H3,(H,11,12);1-3H,(H,7,10)(H,8,9). The number of aromatic nitrogens is 2. The van der Waals surface area contributed by atoms with Gasteiger partial charge in [0.05, 0.1) is 11.1 Å². The number of hydrogen-bond acceptors (Lipinski definition) is 5. The molecule has 2 aromatic rings. The van der Waals surface area contributed by atoms with Crippen LogP contribution in [0, 0.1) is 4.64 Å². The molecule has 0 aliphatic heterocycles. The number of aromatic amines is 1. The molecular formula is C15H16N2O4S2. The van der Waals surface area contributed by atoms with Crippen molar-refractivity contribution >= 4 is 35.9 Å². The molecule has 8 heteroatoms. The van der Waals surface area contributed by atoms with E-state index in [2.05, 4.69) is 9.97 Å². The van der Waals surface area contributed by atoms with E-state index >= 15 is 0 Å². The maximum absolute atomic E-state index is 10.7. The van der Waals surface area contributed by atoms with Gasteiger partial charge in [-0.05, 0) is 24.3 Å². The molecule has 0 radical (unpaired) electrons. The van der Waals surface area contributed by atoms with E-state index in [0.717, 1.165) is 0 Å². The minimum absolute atomic E-state index is 0.137. The molecule has 0 aliphatic rings. The lowest BCUT2D eigenvalue weighted by Crippen LogP contribution is -2.01. The molecule has 0 aromatic carbocycles. The zero-order valence-corrected chi connectivity index (χ0v) is 14.1. The number of carboxylic acid groups (broad SMARTS) is 2. The highest BCUT2D eigenvalue weighted by molar-refractivity contribution is 7.99. The summed E-state index contributed by atoms with van der Waals surface area (Å²) in [4.78, 5) is 27.7. The van der Waals surface area contributed by atoms with Gasteiger partial charge in [0.15, 0.2) is 0 Å². The fraction of sp³-hybridized carbons (Fsp3) is 0.200. The lowest BCUT2D eigenvalue weighted by atomic mass is 10.3. The Hall–Kier alpha value is -2.19. The van der Waals surface area contributed by atoms with Crippen LogP contribution in [0.15, 0.2) is 41.7 Å². The van der Waals surface area contributed by atoms with Crippen molar-refractivity contribution in [1.29, 1.82) is 0 Å². The van der Waals surface area contributed by atoms with Crippen molar-refractivity contribution in [3.63, 3.8) is 0 Å². The molecule has 23 heavy (non-hydrogen) atoms. The predicted molar refractivity (Wildman–Crippen MR) is 90.8 cm³/mol. The fourth-order valence-electron chi connectivity index (χ4n) is 1.46. The third kappa shape index (κ3) is 6.21. The van der Waals surface area contributed by atoms with Gasteiger partial charge in [-0.2, -0.15) is 0 Å². The summed E-state index contributed by atoms with van der Waals surface area (Å²) in [7, 11) is 0. The van der Waals surface area contributed by atoms with Gasteiger partial charge >= 0.3 is 11.9 Å². The molecule has 6 nitrogen and oxygen atoms in total. The largest absolute Gasteiger partial charge is 0.478 e. The van der Waals surface area contributed by atoms with E-state index in [9.17, 15) is 9.59 Å². The van der Waals surface area contributed by atoms with E-state index in [1.54, 1.807) is 30.6 Å². The molecule has 0 amide bonds. The van der Waals surface area contributed by atoms with E-state index in [4.69, 9.17) is 22.4 Å². The molecule has 3 N–H and O–H groups in total. The average molecular weight is 352 g/mol. The molecule has 0 saturated carbocycles. The van der Waals surface area contributed by atoms with Crippen molar-refractivity contribution in [3.8, 4) is 0 Å². The third-order valence-electron chi connectivity index (χ3n) is 2.40. The minimum atomic E-state index is -0.998. The van der Waals surface area contributed by atoms with Gasteiger partial charge in [0, 0.05) is 17.6 Å². The van der Waals surface area contributed by atoms with Crippen molar-refractivity contribution in [2.45, 2.75) is 24.1 Å². The van der Waals surface area contributed by atoms with Crippen molar-refractivity contribution in [2.75, 3.05) is 0 Å². The summed E-state index contributed by atoms with van der Waals surface area (Å²) >= 11 is 6.15. The van der Waals surface area contributed by atoms with Crippen LogP contribution in [0.2, 0.25) is 0 Å². The minimum Gasteiger partial charge on any atom is -0.478 e. The molecule has 0 atom stereocenters. The third-order valence-corrected chi connectivity index (χ3v) is 3.76. The summed E-state index contributed by atoms with van der Waals surface area (Å²) in [5.41, 5.74) is 0.415. The second-order valence-electron chi connectivity index (χ2n) is 4.55. The number of hydrogen-bond donors (Lipinski definition) is 3. The quantitative estimate of drug-likeness (QED) is 0.569. The maximum atomic E-state index is 10.7. The highest BCUT2D eigenvalue weighted by Crippen LogP contribution is 2.23. The Balaban J connectivity index is 0.000000238. The van der Waals surface area contributed by atoms with Gasteiger partial charge in [0.2, 0.25) is 0 Å². The zero-order chi connectivity index (χ0) is 17.4. The number of pyridine rings is 2. The van der Waals surface area contributed by atoms with Crippen molar-refractivity contribution in [2.24, 2.45) is 0 Å². The van der Waals surface area contributed by atoms with Crippen LogP contribution in [-0.4, -0.2) is 37.4 Å². The van der Waals surface area contributed by atoms with Crippen LogP contribution < -0.4 is 0 Å². The summed E-state index contributed by atoms with van der Waals surface area (Å²) in [5.74, 6) is -1.92. The lowest BCUT2D eigenvalue weighted by Gasteiger charge is -2.05. The summed E-state index contributed by atoms with van der Waals surface area (Å²) in [6, 6.07) is 6.26. The van der Waals surface area contributed by atoms with Crippen LogP contribution in [-0.2, 0) is 0 Å². The highest BCUT2D eigenvalue weighted by Gasteiger charge is 2.11. The SMILES string of the molecule is CC(C)Sc1ncccc1C(=O)O.O=C(O)c1ccc[nH]c1=S. The Morgan fingerprint density at radius 3 is 2.26 bits per heavy atom. The number of thioether (sulfide) groups is 1. The van der Waals surface area contributed by atoms with Gasteiger partial charge in [-0.25, -0.2) is 14.6 Å². The predicted octanol–water partition coefficient (Wildman–Crippen LogP) is 3.72. The summed E-state index contributed by atoms with van der Waals surface area (Å²) in [6.45, 7) is 4.01. The van der Waals surface area contributed by atoms with Gasteiger partial charge < -0.3 is 15.2 Å². The second kappa shape index (κ2) is 9.06. The van der Waals surface area contributed by atoms with Crippen LogP contribution in [0.5, 0.6) is 0 Å². The molecule has 122 valence electrons. The number of nitrogens with one attached hydrogen (secondary N) is 1. The number of carboxylic acids is 2. The van der Waals surface area contributed by atoms with Crippen molar-refractivity contribution in [1.82, 2.24) is 9.97 Å². The zero-order valence-electron chi connectivity index (χ0n) is 12.5. The van der Waals surface area contributed by atoms with E-state index in [-0.39, 0.29) is 15.8 Å². The highest BCUT2D eigenvalue weighted by atomic mass is 32.2. The van der Waals surface area contributed by atoms with Gasteiger partial charge in [0.1, 0.15) is 9.67 Å². The fourth-order valence-corrected chi connectivity index (χ4v) is 2.53. The monoisotopic (exact) mass is 352 g/mol. The molecule has 0 fully saturated rings. The molecule has 0 spiro atoms. The number of nitrogens with zero attached hydrogens (tertiary/aromatic N) is 1. The number of aromatic carboxylic acids is 2. The second-order valence-corrected chi connectivity index (χ2v) is 6.52. The van der Waals surface area contributed by atoms with E-state index in [1.807, 2.05) is 13.8 Å². The molecule has 2 aromatic heterocycles. The molecule has 2 rings (SSSR count). The Bertz CT molecular complexity index is 744. The first-order chi connectivity index (χ1) is 10.8. The summed E-state index contributed by atoms with van der Waals surface area (Å²) in [6.07, 6.45) is 3.20. The molecule has 0 bridgehead atoms. The molecule has 0 unspecified atom stereocenters. The molecule has 2 heterocycles. The first kappa shape index (κ1) is 18.9. The van der Waals surface area contributed by atoms with E-state index < -0.39 is 11.9 Å². The van der Waals surface area contributed by atoms with Gasteiger partial charge in [-0.15, -0.1) is 11.8 Å². The Morgan fingerprint density at radius 2 is 1.78 bits per heavy atom. The smallest absolute Gasteiger partial charge is 0.338 e. The Labute approximate surface area is 142 Å². The van der Waals surface area contributed by atoms with E-state index in [1.165, 1.54) is 17.8 Å². The number of H-pyrrole nitrogens is 1. The van der Waals surface area contributed by atoms with E-state index in [0.29, 0.717) is 10.3 Å². The molecular weight excluding hydrogens is 336 g/mol. The van der Waals surface area contributed by atoms with Gasteiger partial charge in [-0.1, -0.05) is 26.1 Å². The molecule has 0 aliphatic carbocycles. The first-order valence-corrected chi connectivity index (χ1v) is 7.87. The lowest BCUT2D eigenvalue weighted by molar-refractivity contribution is 0.0683. The Morgan fingerprint density at radius 1 is 1.17 bits per heavy atom. The van der Waals surface area contributed by atoms with Crippen molar-refractivity contribution in [3.05, 3.63) is 52.4 Å². The number of rotatable bonds is 4. The van der Waals surface area contributed by atoms with Crippen LogP contribution in [0.1, 0.15) is 34.6 Å². The van der Waals surface area contributed by atoms with Crippen molar-refractivity contribution < 1.29 is 19.8 Å². The maximum Gasteiger partial charge on any atom is 0.338 e. The van der Waals surface area contributed by atoms with Gasteiger partial charge in [0.25, 0.3) is 0 Å². The normalized spacial score (nSPS) is 9.87. The average Bonchev–Trinajstić information content (AvgIpc) is 2.47. The van der Waals surface area contributed by atoms with Crippen LogP contribution in [0.4, 0.5) is 0 Å². The van der Waals surface area contributed by atoms with Crippen LogP contribution >= 0.6 is 24.0 Å². The van der Waals surface area contributed by atoms with Crippen LogP contribution in [0.25, 0.3) is 0 Å². The Kier molecular flexibility index (Phi) is 7.43. The molecule has 0 saturated heterocycles. The van der Waals surface area contributed by atoms with Gasteiger partial charge in [-0.3, -0.25) is 0 Å². The first-order valence-electron chi connectivity index (χ1n) is 6.59. The topological polar surface area (TPSA) is 103 Å². The number of carbonyl (C=O) groups is 2.